The zero-order valence-electron chi connectivity index (χ0n) is 11.8. The highest BCUT2D eigenvalue weighted by molar-refractivity contribution is 7.89. The summed E-state index contributed by atoms with van der Waals surface area (Å²) in [6.45, 7) is 2.04. The van der Waals surface area contributed by atoms with Crippen LogP contribution < -0.4 is 15.2 Å². The van der Waals surface area contributed by atoms with E-state index < -0.39 is 10.0 Å². The van der Waals surface area contributed by atoms with Crippen molar-refractivity contribution in [2.45, 2.75) is 18.4 Å². The van der Waals surface area contributed by atoms with Crippen LogP contribution in [-0.4, -0.2) is 20.5 Å². The second kappa shape index (κ2) is 6.11. The van der Waals surface area contributed by atoms with E-state index in [1.54, 1.807) is 6.20 Å². The Balaban J connectivity index is 2.16. The number of nitrogens with two attached hydrogens (primary N) is 1. The molecule has 0 saturated carbocycles. The summed E-state index contributed by atoms with van der Waals surface area (Å²) in [6.07, 6.45) is 1.64. The fourth-order valence-corrected chi connectivity index (χ4v) is 2.76. The Kier molecular flexibility index (Phi) is 4.44. The van der Waals surface area contributed by atoms with Crippen LogP contribution in [0.5, 0.6) is 5.75 Å². The van der Waals surface area contributed by atoms with Crippen LogP contribution in [-0.2, 0) is 16.6 Å². The highest BCUT2D eigenvalue weighted by atomic mass is 32.2. The number of nitrogens with one attached hydrogen (secondary N) is 1. The zero-order valence-corrected chi connectivity index (χ0v) is 12.6. The number of hydrogen-bond acceptors (Lipinski definition) is 5. The van der Waals surface area contributed by atoms with Crippen LogP contribution in [0.3, 0.4) is 0 Å². The summed E-state index contributed by atoms with van der Waals surface area (Å²) in [5.41, 5.74) is 7.73. The Hall–Kier alpha value is -2.12. The predicted molar refractivity (Wildman–Crippen MR) is 80.4 cm³/mol. The van der Waals surface area contributed by atoms with Crippen molar-refractivity contribution in [2.24, 2.45) is 0 Å². The number of anilines is 1. The number of nitrogens with zero attached hydrogens (tertiary/aromatic N) is 1. The van der Waals surface area contributed by atoms with Crippen LogP contribution >= 0.6 is 0 Å². The molecule has 0 spiro atoms. The molecule has 3 N–H and O–H groups in total. The van der Waals surface area contributed by atoms with E-state index in [9.17, 15) is 8.42 Å². The summed E-state index contributed by atoms with van der Waals surface area (Å²) >= 11 is 0. The Bertz CT molecular complexity index is 728. The normalized spacial score (nSPS) is 11.3. The molecule has 0 saturated heterocycles. The molecule has 0 unspecified atom stereocenters. The minimum atomic E-state index is -3.63. The van der Waals surface area contributed by atoms with Gasteiger partial charge in [-0.3, -0.25) is 4.98 Å². The Morgan fingerprint density at radius 2 is 2.05 bits per heavy atom. The molecule has 1 aromatic heterocycles. The maximum absolute atomic E-state index is 12.2. The Labute approximate surface area is 124 Å². The van der Waals surface area contributed by atoms with E-state index in [0.29, 0.717) is 11.4 Å². The lowest BCUT2D eigenvalue weighted by Crippen LogP contribution is -2.23. The molecule has 2 rings (SSSR count). The summed E-state index contributed by atoms with van der Waals surface area (Å²) in [6, 6.07) is 7.99. The fraction of sp³-hybridized carbons (Fsp3) is 0.214. The molecular weight excluding hydrogens is 290 g/mol. The number of methoxy groups -OCH3 is 1. The van der Waals surface area contributed by atoms with E-state index in [-0.39, 0.29) is 11.4 Å². The molecule has 1 heterocycles. The first-order valence-electron chi connectivity index (χ1n) is 6.27. The summed E-state index contributed by atoms with van der Waals surface area (Å²) in [7, 11) is -2.19. The van der Waals surface area contributed by atoms with Gasteiger partial charge in [0.05, 0.1) is 17.7 Å². The monoisotopic (exact) mass is 307 g/mol. The molecular formula is C14H17N3O3S. The summed E-state index contributed by atoms with van der Waals surface area (Å²) in [5, 5.41) is 0. The number of ether oxygens (including phenoxy) is 1. The number of benzene rings is 1. The van der Waals surface area contributed by atoms with Gasteiger partial charge in [0.15, 0.2) is 0 Å². The van der Waals surface area contributed by atoms with Crippen LogP contribution in [0, 0.1) is 6.92 Å². The smallest absolute Gasteiger partial charge is 0.241 e. The first-order valence-corrected chi connectivity index (χ1v) is 7.75. The summed E-state index contributed by atoms with van der Waals surface area (Å²) in [4.78, 5) is 4.23. The minimum absolute atomic E-state index is 0.105. The number of hydrogen-bond donors (Lipinski definition) is 2. The molecule has 6 nitrogen and oxygen atoms in total. The summed E-state index contributed by atoms with van der Waals surface area (Å²) < 4.78 is 32.0. The van der Waals surface area contributed by atoms with Gasteiger partial charge >= 0.3 is 0 Å². The van der Waals surface area contributed by atoms with E-state index in [4.69, 9.17) is 10.5 Å². The summed E-state index contributed by atoms with van der Waals surface area (Å²) in [5.74, 6) is 0.329. The van der Waals surface area contributed by atoms with Crippen LogP contribution in [0.1, 0.15) is 11.3 Å². The van der Waals surface area contributed by atoms with Crippen molar-refractivity contribution in [2.75, 3.05) is 12.8 Å². The van der Waals surface area contributed by atoms with Crippen molar-refractivity contribution in [3.8, 4) is 5.75 Å². The van der Waals surface area contributed by atoms with Crippen molar-refractivity contribution < 1.29 is 13.2 Å². The van der Waals surface area contributed by atoms with Crippen molar-refractivity contribution in [3.05, 3.63) is 47.8 Å². The highest BCUT2D eigenvalue weighted by Crippen LogP contribution is 2.24. The van der Waals surface area contributed by atoms with E-state index in [2.05, 4.69) is 9.71 Å². The largest absolute Gasteiger partial charge is 0.495 e. The number of sulfonamides is 1. The lowest BCUT2D eigenvalue weighted by molar-refractivity contribution is 0.415. The molecule has 7 heteroatoms. The van der Waals surface area contributed by atoms with Gasteiger partial charge in [0.2, 0.25) is 10.0 Å². The Morgan fingerprint density at radius 1 is 1.29 bits per heavy atom. The van der Waals surface area contributed by atoms with Crippen LogP contribution in [0.4, 0.5) is 5.69 Å². The van der Waals surface area contributed by atoms with Gasteiger partial charge in [0.1, 0.15) is 5.75 Å². The van der Waals surface area contributed by atoms with E-state index in [1.165, 1.54) is 25.3 Å². The van der Waals surface area contributed by atoms with Crippen LogP contribution in [0.15, 0.2) is 41.4 Å². The van der Waals surface area contributed by atoms with Crippen LogP contribution in [0.2, 0.25) is 0 Å². The minimum Gasteiger partial charge on any atom is -0.495 e. The standard InChI is InChI=1S/C14H17N3O3S/c1-10-3-4-11(8-16-10)9-17-21(18,19)12-5-6-13(15)14(7-12)20-2/h3-8,17H,9,15H2,1-2H3. The number of aromatic nitrogens is 1. The topological polar surface area (TPSA) is 94.3 Å². The van der Waals surface area contributed by atoms with Gasteiger partial charge < -0.3 is 10.5 Å². The van der Waals surface area contributed by atoms with Gasteiger partial charge in [-0.25, -0.2) is 13.1 Å². The van der Waals surface area contributed by atoms with Gasteiger partial charge in [-0.05, 0) is 30.7 Å². The van der Waals surface area contributed by atoms with Gasteiger partial charge in [-0.15, -0.1) is 0 Å². The van der Waals surface area contributed by atoms with Crippen LogP contribution in [0.25, 0.3) is 0 Å². The van der Waals surface area contributed by atoms with E-state index in [1.807, 2.05) is 19.1 Å². The van der Waals surface area contributed by atoms with Crippen molar-refractivity contribution in [3.63, 3.8) is 0 Å². The average Bonchev–Trinajstić information content (AvgIpc) is 2.47. The number of pyridine rings is 1. The number of nitrogen functional groups attached to an aromatic ring is 1. The van der Waals surface area contributed by atoms with E-state index in [0.717, 1.165) is 11.3 Å². The van der Waals surface area contributed by atoms with Gasteiger partial charge in [0, 0.05) is 24.5 Å². The first kappa shape index (κ1) is 15.3. The number of rotatable bonds is 5. The molecule has 0 atom stereocenters. The van der Waals surface area contributed by atoms with Crippen molar-refractivity contribution in [1.29, 1.82) is 0 Å². The molecule has 0 bridgehead atoms. The Morgan fingerprint density at radius 3 is 2.67 bits per heavy atom. The maximum atomic E-state index is 12.2. The molecule has 0 aliphatic rings. The molecule has 112 valence electrons. The van der Waals surface area contributed by atoms with Crippen molar-refractivity contribution in [1.82, 2.24) is 9.71 Å². The molecule has 2 aromatic rings. The molecule has 0 fully saturated rings. The third kappa shape index (κ3) is 3.71. The SMILES string of the molecule is COc1cc(S(=O)(=O)NCc2ccc(C)nc2)ccc1N. The van der Waals surface area contributed by atoms with Gasteiger partial charge in [-0.1, -0.05) is 6.07 Å². The molecule has 0 aliphatic carbocycles. The maximum Gasteiger partial charge on any atom is 0.241 e. The lowest BCUT2D eigenvalue weighted by Gasteiger charge is -2.09. The quantitative estimate of drug-likeness (QED) is 0.816. The zero-order chi connectivity index (χ0) is 15.5. The highest BCUT2D eigenvalue weighted by Gasteiger charge is 2.15. The third-order valence-corrected chi connectivity index (χ3v) is 4.35. The third-order valence-electron chi connectivity index (χ3n) is 2.95. The predicted octanol–water partition coefficient (Wildman–Crippen LogP) is 1.46. The molecule has 21 heavy (non-hydrogen) atoms. The average molecular weight is 307 g/mol. The van der Waals surface area contributed by atoms with Crippen molar-refractivity contribution >= 4 is 15.7 Å². The molecule has 0 amide bonds. The van der Waals surface area contributed by atoms with Gasteiger partial charge in [0.25, 0.3) is 0 Å². The first-order chi connectivity index (χ1) is 9.92. The fourth-order valence-electron chi connectivity index (χ4n) is 1.72. The molecule has 0 aliphatic heterocycles. The second-order valence-electron chi connectivity index (χ2n) is 4.54. The second-order valence-corrected chi connectivity index (χ2v) is 6.30. The van der Waals surface area contributed by atoms with E-state index >= 15 is 0 Å². The van der Waals surface area contributed by atoms with Gasteiger partial charge in [-0.2, -0.15) is 0 Å². The lowest BCUT2D eigenvalue weighted by atomic mass is 10.2. The number of aryl methyl sites for hydroxylation is 1. The molecule has 0 radical (unpaired) electrons. The molecule has 1 aromatic carbocycles.